The molecule has 4 heteroatoms. The molecule has 4 nitrogen and oxygen atoms in total. The molecule has 0 aliphatic carbocycles. The maximum Gasteiger partial charge on any atom is 0.342 e. The zero-order valence-corrected chi connectivity index (χ0v) is 18.8. The van der Waals surface area contributed by atoms with Crippen molar-refractivity contribution in [3.63, 3.8) is 0 Å². The lowest BCUT2D eigenvalue weighted by Crippen LogP contribution is -2.36. The van der Waals surface area contributed by atoms with E-state index in [0.717, 1.165) is 27.6 Å². The maximum atomic E-state index is 12.7. The monoisotopic (exact) mass is 436 g/mol. The van der Waals surface area contributed by atoms with Crippen LogP contribution in [0.3, 0.4) is 0 Å². The standard InChI is InChI=1S/C29H24O4/c1-18-10-4-8-14-23(18)29(24-15-9-5-11-19(24)2)17-16-22-25(28(31)32-3)26(30)20-12-6-7-13-21(20)27(22)33-29/h4-17,30H,1-3H3. The fourth-order valence-electron chi connectivity index (χ4n) is 4.80. The molecule has 1 N–H and O–H groups in total. The number of methoxy groups -OCH3 is 1. The molecule has 0 radical (unpaired) electrons. The fraction of sp³-hybridized carbons (Fsp3) is 0.138. The van der Waals surface area contributed by atoms with Gasteiger partial charge in [0, 0.05) is 27.5 Å². The molecule has 0 aromatic heterocycles. The number of carbonyl (C=O) groups is 1. The van der Waals surface area contributed by atoms with Crippen molar-refractivity contribution in [3.8, 4) is 11.5 Å². The number of aryl methyl sites for hydroxylation is 2. The summed E-state index contributed by atoms with van der Waals surface area (Å²) in [6.45, 7) is 4.13. The highest BCUT2D eigenvalue weighted by Gasteiger charge is 2.41. The summed E-state index contributed by atoms with van der Waals surface area (Å²) in [5.41, 5.74) is 3.91. The number of carbonyl (C=O) groups excluding carboxylic acids is 1. The molecule has 1 aliphatic rings. The van der Waals surface area contributed by atoms with Crippen molar-refractivity contribution in [2.75, 3.05) is 7.11 Å². The molecule has 164 valence electrons. The van der Waals surface area contributed by atoms with Crippen LogP contribution in [0.1, 0.15) is 38.2 Å². The summed E-state index contributed by atoms with van der Waals surface area (Å²) >= 11 is 0. The fourth-order valence-corrected chi connectivity index (χ4v) is 4.80. The lowest BCUT2D eigenvalue weighted by atomic mass is 9.79. The molecule has 0 bridgehead atoms. The van der Waals surface area contributed by atoms with E-state index in [2.05, 4.69) is 38.1 Å². The van der Waals surface area contributed by atoms with Crippen LogP contribution >= 0.6 is 0 Å². The first-order valence-electron chi connectivity index (χ1n) is 10.8. The predicted octanol–water partition coefficient (Wildman–Crippen LogP) is 6.30. The molecule has 0 fully saturated rings. The minimum Gasteiger partial charge on any atom is -0.506 e. The molecular formula is C29H24O4. The Morgan fingerprint density at radius 3 is 1.97 bits per heavy atom. The van der Waals surface area contributed by atoms with Crippen molar-refractivity contribution in [1.29, 1.82) is 0 Å². The number of rotatable bonds is 3. The Morgan fingerprint density at radius 1 is 0.848 bits per heavy atom. The first-order chi connectivity index (χ1) is 16.0. The Morgan fingerprint density at radius 2 is 1.39 bits per heavy atom. The van der Waals surface area contributed by atoms with E-state index >= 15 is 0 Å². The van der Waals surface area contributed by atoms with Crippen LogP contribution in [0.2, 0.25) is 0 Å². The van der Waals surface area contributed by atoms with Gasteiger partial charge in [0.15, 0.2) is 5.60 Å². The molecule has 4 aromatic rings. The van der Waals surface area contributed by atoms with Crippen LogP contribution in [0.15, 0.2) is 78.9 Å². The zero-order valence-electron chi connectivity index (χ0n) is 18.8. The number of hydrogen-bond donors (Lipinski definition) is 1. The second kappa shape index (κ2) is 7.82. The number of aromatic hydroxyl groups is 1. The molecule has 0 unspecified atom stereocenters. The number of benzene rings is 4. The van der Waals surface area contributed by atoms with E-state index in [1.54, 1.807) is 6.07 Å². The van der Waals surface area contributed by atoms with Crippen LogP contribution in [0.5, 0.6) is 11.5 Å². The molecule has 5 rings (SSSR count). The normalized spacial score (nSPS) is 13.9. The van der Waals surface area contributed by atoms with Gasteiger partial charge in [0.1, 0.15) is 17.1 Å². The Labute approximate surface area is 192 Å². The van der Waals surface area contributed by atoms with Gasteiger partial charge >= 0.3 is 5.97 Å². The third kappa shape index (κ3) is 3.10. The molecule has 1 aliphatic heterocycles. The van der Waals surface area contributed by atoms with E-state index in [1.807, 2.05) is 54.6 Å². The average molecular weight is 437 g/mol. The predicted molar refractivity (Wildman–Crippen MR) is 130 cm³/mol. The van der Waals surface area contributed by atoms with E-state index in [1.165, 1.54) is 7.11 Å². The molecule has 0 saturated heterocycles. The molecule has 0 saturated carbocycles. The SMILES string of the molecule is COC(=O)c1c2c(c3ccccc3c1O)OC(c1ccccc1C)(c1ccccc1C)C=C2. The van der Waals surface area contributed by atoms with Gasteiger partial charge in [-0.05, 0) is 37.1 Å². The summed E-state index contributed by atoms with van der Waals surface area (Å²) in [4.78, 5) is 12.7. The number of fused-ring (bicyclic) bond motifs is 3. The minimum atomic E-state index is -0.906. The third-order valence-electron chi connectivity index (χ3n) is 6.41. The number of phenols is 1. The van der Waals surface area contributed by atoms with E-state index in [9.17, 15) is 9.90 Å². The zero-order chi connectivity index (χ0) is 23.2. The number of esters is 1. The Kier molecular flexibility index (Phi) is 4.94. The first kappa shape index (κ1) is 20.8. The lowest BCUT2D eigenvalue weighted by molar-refractivity contribution is 0.0596. The van der Waals surface area contributed by atoms with Crippen LogP contribution in [-0.2, 0) is 10.3 Å². The molecule has 4 aromatic carbocycles. The number of ether oxygens (including phenoxy) is 2. The number of hydrogen-bond acceptors (Lipinski definition) is 4. The summed E-state index contributed by atoms with van der Waals surface area (Å²) in [5, 5.41) is 12.2. The topological polar surface area (TPSA) is 55.8 Å². The first-order valence-corrected chi connectivity index (χ1v) is 10.8. The Hall–Kier alpha value is -4.05. The van der Waals surface area contributed by atoms with Gasteiger partial charge in [0.05, 0.1) is 7.11 Å². The Balaban J connectivity index is 1.88. The highest BCUT2D eigenvalue weighted by Crippen LogP contribution is 2.50. The van der Waals surface area contributed by atoms with Crippen molar-refractivity contribution in [1.82, 2.24) is 0 Å². The quantitative estimate of drug-likeness (QED) is 0.383. The van der Waals surface area contributed by atoms with Crippen molar-refractivity contribution >= 4 is 22.8 Å². The lowest BCUT2D eigenvalue weighted by Gasteiger charge is -2.38. The maximum absolute atomic E-state index is 12.7. The smallest absolute Gasteiger partial charge is 0.342 e. The van der Waals surface area contributed by atoms with Crippen LogP contribution < -0.4 is 4.74 Å². The summed E-state index contributed by atoms with van der Waals surface area (Å²) < 4.78 is 12.0. The summed E-state index contributed by atoms with van der Waals surface area (Å²) in [6.07, 6.45) is 3.84. The molecule has 0 atom stereocenters. The third-order valence-corrected chi connectivity index (χ3v) is 6.41. The van der Waals surface area contributed by atoms with Crippen molar-refractivity contribution in [3.05, 3.63) is 112 Å². The van der Waals surface area contributed by atoms with Crippen LogP contribution in [-0.4, -0.2) is 18.2 Å². The van der Waals surface area contributed by atoms with Crippen molar-refractivity contribution < 1.29 is 19.4 Å². The van der Waals surface area contributed by atoms with Gasteiger partial charge < -0.3 is 14.6 Å². The molecule has 0 amide bonds. The van der Waals surface area contributed by atoms with E-state index < -0.39 is 11.6 Å². The van der Waals surface area contributed by atoms with Gasteiger partial charge in [-0.3, -0.25) is 0 Å². The molecule has 1 heterocycles. The average Bonchev–Trinajstić information content (AvgIpc) is 2.84. The van der Waals surface area contributed by atoms with Crippen LogP contribution in [0.25, 0.3) is 16.8 Å². The molecular weight excluding hydrogens is 412 g/mol. The van der Waals surface area contributed by atoms with Crippen LogP contribution in [0, 0.1) is 13.8 Å². The van der Waals surface area contributed by atoms with Gasteiger partial charge in [-0.25, -0.2) is 4.79 Å². The van der Waals surface area contributed by atoms with E-state index in [-0.39, 0.29) is 11.3 Å². The second-order valence-electron chi connectivity index (χ2n) is 8.30. The highest BCUT2D eigenvalue weighted by atomic mass is 16.5. The number of phenolic OH excluding ortho intramolecular Hbond substituents is 1. The largest absolute Gasteiger partial charge is 0.506 e. The van der Waals surface area contributed by atoms with Gasteiger partial charge in [0.25, 0.3) is 0 Å². The molecule has 33 heavy (non-hydrogen) atoms. The van der Waals surface area contributed by atoms with Gasteiger partial charge in [-0.15, -0.1) is 0 Å². The summed E-state index contributed by atoms with van der Waals surface area (Å²) in [5.74, 6) is -0.177. The molecule has 0 spiro atoms. The second-order valence-corrected chi connectivity index (χ2v) is 8.30. The van der Waals surface area contributed by atoms with Gasteiger partial charge in [-0.2, -0.15) is 0 Å². The van der Waals surface area contributed by atoms with Crippen molar-refractivity contribution in [2.24, 2.45) is 0 Å². The summed E-state index contributed by atoms with van der Waals surface area (Å²) in [6, 6.07) is 23.7. The van der Waals surface area contributed by atoms with Gasteiger partial charge in [-0.1, -0.05) is 72.8 Å². The van der Waals surface area contributed by atoms with E-state index in [0.29, 0.717) is 16.7 Å². The van der Waals surface area contributed by atoms with Crippen LogP contribution in [0.4, 0.5) is 0 Å². The van der Waals surface area contributed by atoms with Gasteiger partial charge in [0.2, 0.25) is 0 Å². The van der Waals surface area contributed by atoms with E-state index in [4.69, 9.17) is 9.47 Å². The van der Waals surface area contributed by atoms with Crippen molar-refractivity contribution in [2.45, 2.75) is 19.4 Å². The highest BCUT2D eigenvalue weighted by molar-refractivity contribution is 6.08. The Bertz CT molecular complexity index is 1390. The summed E-state index contributed by atoms with van der Waals surface area (Å²) in [7, 11) is 1.31. The minimum absolute atomic E-state index is 0.102.